The van der Waals surface area contributed by atoms with Gasteiger partial charge < -0.3 is 4.74 Å². The fourth-order valence-corrected chi connectivity index (χ4v) is 4.74. The van der Waals surface area contributed by atoms with E-state index < -0.39 is 0 Å². The number of thiophene rings is 1. The summed E-state index contributed by atoms with van der Waals surface area (Å²) in [6.45, 7) is 12.4. The van der Waals surface area contributed by atoms with Crippen LogP contribution in [-0.4, -0.2) is 11.4 Å². The predicted octanol–water partition coefficient (Wildman–Crippen LogP) is 8.31. The second kappa shape index (κ2) is 11.0. The Hall–Kier alpha value is -2.88. The van der Waals surface area contributed by atoms with Crippen LogP contribution in [0.1, 0.15) is 49.9 Å². The molecule has 0 radical (unpaired) electrons. The van der Waals surface area contributed by atoms with Crippen LogP contribution >= 0.6 is 11.3 Å². The van der Waals surface area contributed by atoms with Gasteiger partial charge in [0, 0.05) is 13.1 Å². The zero-order valence-corrected chi connectivity index (χ0v) is 21.6. The van der Waals surface area contributed by atoms with Gasteiger partial charge in [-0.3, -0.25) is 4.90 Å². The maximum absolute atomic E-state index is 6.17. The first-order valence-corrected chi connectivity index (χ1v) is 13.0. The average Bonchev–Trinajstić information content (AvgIpc) is 3.38. The van der Waals surface area contributed by atoms with Gasteiger partial charge in [0.1, 0.15) is 12.4 Å². The van der Waals surface area contributed by atoms with Crippen LogP contribution < -0.4 is 4.74 Å². The number of hydrogen-bond acceptors (Lipinski definition) is 3. The highest BCUT2D eigenvalue weighted by molar-refractivity contribution is 7.08. The maximum atomic E-state index is 6.17. The third-order valence-corrected chi connectivity index (χ3v) is 6.85. The van der Waals surface area contributed by atoms with E-state index >= 15 is 0 Å². The van der Waals surface area contributed by atoms with Crippen molar-refractivity contribution in [3.63, 3.8) is 0 Å². The molecule has 4 rings (SSSR count). The first kappa shape index (κ1) is 24.3. The minimum Gasteiger partial charge on any atom is -0.489 e. The minimum absolute atomic E-state index is 0.189. The summed E-state index contributed by atoms with van der Waals surface area (Å²) in [6, 6.07) is 28.4. The molecule has 0 atom stereocenters. The van der Waals surface area contributed by atoms with Crippen LogP contribution in [-0.2, 0) is 25.1 Å². The van der Waals surface area contributed by atoms with E-state index in [4.69, 9.17) is 4.74 Å². The van der Waals surface area contributed by atoms with Crippen molar-refractivity contribution < 1.29 is 4.74 Å². The molecule has 0 aliphatic rings. The third-order valence-electron chi connectivity index (χ3n) is 6.16. The first-order chi connectivity index (χ1) is 16.4. The summed E-state index contributed by atoms with van der Waals surface area (Å²) in [5.74, 6) is 0.920. The lowest BCUT2D eigenvalue weighted by atomic mass is 9.87. The number of benzene rings is 3. The zero-order valence-electron chi connectivity index (χ0n) is 20.8. The molecule has 1 aromatic heterocycles. The molecule has 0 unspecified atom stereocenters. The van der Waals surface area contributed by atoms with Crippen molar-refractivity contribution in [2.24, 2.45) is 0 Å². The van der Waals surface area contributed by atoms with Crippen molar-refractivity contribution in [3.05, 3.63) is 112 Å². The van der Waals surface area contributed by atoms with Crippen LogP contribution in [0.2, 0.25) is 0 Å². The van der Waals surface area contributed by atoms with Gasteiger partial charge in [0.2, 0.25) is 0 Å². The van der Waals surface area contributed by atoms with Crippen LogP contribution in [0.5, 0.6) is 5.75 Å². The van der Waals surface area contributed by atoms with Gasteiger partial charge in [-0.2, -0.15) is 11.3 Å². The van der Waals surface area contributed by atoms with E-state index in [0.717, 1.165) is 25.4 Å². The van der Waals surface area contributed by atoms with Crippen molar-refractivity contribution in [1.29, 1.82) is 0 Å². The van der Waals surface area contributed by atoms with Crippen LogP contribution in [0.15, 0.2) is 89.6 Å². The molecule has 0 saturated carbocycles. The fourth-order valence-electron chi connectivity index (χ4n) is 4.08. The van der Waals surface area contributed by atoms with E-state index in [2.05, 4.69) is 116 Å². The fraction of sp³-hybridized carbons (Fsp3) is 0.290. The molecule has 2 nitrogen and oxygen atoms in total. The molecule has 0 aliphatic carbocycles. The van der Waals surface area contributed by atoms with Crippen LogP contribution in [0.25, 0.3) is 11.1 Å². The molecule has 0 fully saturated rings. The molecule has 1 heterocycles. The largest absolute Gasteiger partial charge is 0.489 e. The maximum Gasteiger partial charge on any atom is 0.120 e. The zero-order chi connectivity index (χ0) is 24.0. The van der Waals surface area contributed by atoms with E-state index in [-0.39, 0.29) is 5.41 Å². The topological polar surface area (TPSA) is 12.5 Å². The second-order valence-corrected chi connectivity index (χ2v) is 10.7. The van der Waals surface area contributed by atoms with Crippen LogP contribution in [0.3, 0.4) is 0 Å². The van der Waals surface area contributed by atoms with Crippen molar-refractivity contribution in [2.75, 3.05) is 6.54 Å². The van der Waals surface area contributed by atoms with E-state index in [1.54, 1.807) is 11.3 Å². The highest BCUT2D eigenvalue weighted by atomic mass is 32.1. The lowest BCUT2D eigenvalue weighted by Crippen LogP contribution is -2.22. The lowest BCUT2D eigenvalue weighted by Gasteiger charge is -2.23. The molecule has 34 heavy (non-hydrogen) atoms. The van der Waals surface area contributed by atoms with Gasteiger partial charge in [-0.25, -0.2) is 0 Å². The van der Waals surface area contributed by atoms with Gasteiger partial charge in [0.05, 0.1) is 0 Å². The van der Waals surface area contributed by atoms with Crippen LogP contribution in [0, 0.1) is 0 Å². The van der Waals surface area contributed by atoms with Crippen molar-refractivity contribution in [3.8, 4) is 16.9 Å². The molecule has 0 bridgehead atoms. The predicted molar refractivity (Wildman–Crippen MR) is 145 cm³/mol. The summed E-state index contributed by atoms with van der Waals surface area (Å²) >= 11 is 1.73. The molecule has 0 N–H and O–H groups in total. The molecule has 3 heteroatoms. The van der Waals surface area contributed by atoms with Crippen molar-refractivity contribution >= 4 is 11.3 Å². The van der Waals surface area contributed by atoms with E-state index in [1.807, 2.05) is 6.07 Å². The van der Waals surface area contributed by atoms with Gasteiger partial charge in [-0.15, -0.1) is 0 Å². The van der Waals surface area contributed by atoms with Gasteiger partial charge in [-0.1, -0.05) is 82.3 Å². The lowest BCUT2D eigenvalue weighted by molar-refractivity contribution is 0.269. The standard InChI is InChI=1S/C31H35NOS/c1-5-32(20-24-12-14-29(15-13-24)31(2,3)4)21-25-8-7-11-30(19-25)33-22-26-9-6-10-27(18-26)28-16-17-34-23-28/h6-19,23H,5,20-22H2,1-4H3. The summed E-state index contributed by atoms with van der Waals surface area (Å²) in [5.41, 5.74) is 7.89. The summed E-state index contributed by atoms with van der Waals surface area (Å²) in [5, 5.41) is 4.30. The molecule has 3 aromatic carbocycles. The Morgan fingerprint density at radius 2 is 1.50 bits per heavy atom. The first-order valence-electron chi connectivity index (χ1n) is 12.1. The smallest absolute Gasteiger partial charge is 0.120 e. The van der Waals surface area contributed by atoms with Gasteiger partial charge in [0.25, 0.3) is 0 Å². The molecule has 0 aliphatic heterocycles. The monoisotopic (exact) mass is 469 g/mol. The van der Waals surface area contributed by atoms with Gasteiger partial charge >= 0.3 is 0 Å². The minimum atomic E-state index is 0.189. The Morgan fingerprint density at radius 3 is 2.21 bits per heavy atom. The summed E-state index contributed by atoms with van der Waals surface area (Å²) < 4.78 is 6.17. The average molecular weight is 470 g/mol. The number of ether oxygens (including phenoxy) is 1. The molecule has 0 saturated heterocycles. The molecule has 4 aromatic rings. The molecular weight excluding hydrogens is 434 g/mol. The highest BCUT2D eigenvalue weighted by Crippen LogP contribution is 2.25. The molecule has 176 valence electrons. The normalized spacial score (nSPS) is 11.7. The second-order valence-electron chi connectivity index (χ2n) is 9.90. The third kappa shape index (κ3) is 6.59. The Bertz CT molecular complexity index is 1170. The van der Waals surface area contributed by atoms with E-state index in [1.165, 1.54) is 33.4 Å². The summed E-state index contributed by atoms with van der Waals surface area (Å²) in [7, 11) is 0. The SMILES string of the molecule is CCN(Cc1ccc(C(C)(C)C)cc1)Cc1cccc(OCc2cccc(-c3ccsc3)c2)c1. The molecule has 0 spiro atoms. The Morgan fingerprint density at radius 1 is 0.765 bits per heavy atom. The quantitative estimate of drug-likeness (QED) is 0.244. The number of hydrogen-bond donors (Lipinski definition) is 0. The highest BCUT2D eigenvalue weighted by Gasteiger charge is 2.13. The van der Waals surface area contributed by atoms with Crippen LogP contribution in [0.4, 0.5) is 0 Å². The van der Waals surface area contributed by atoms with Crippen molar-refractivity contribution in [1.82, 2.24) is 4.90 Å². The van der Waals surface area contributed by atoms with Gasteiger partial charge in [-0.05, 0) is 80.4 Å². The Balaban J connectivity index is 1.36. The van der Waals surface area contributed by atoms with Gasteiger partial charge in [0.15, 0.2) is 0 Å². The molecular formula is C31H35NOS. The molecule has 0 amide bonds. The Labute approximate surface area is 208 Å². The number of nitrogens with zero attached hydrogens (tertiary/aromatic N) is 1. The van der Waals surface area contributed by atoms with E-state index in [9.17, 15) is 0 Å². The number of rotatable bonds is 9. The van der Waals surface area contributed by atoms with Crippen molar-refractivity contribution in [2.45, 2.75) is 52.8 Å². The summed E-state index contributed by atoms with van der Waals surface area (Å²) in [6.07, 6.45) is 0. The van der Waals surface area contributed by atoms with E-state index in [0.29, 0.717) is 6.61 Å². The Kier molecular flexibility index (Phi) is 7.87. The summed E-state index contributed by atoms with van der Waals surface area (Å²) in [4.78, 5) is 2.47.